The van der Waals surface area contributed by atoms with Crippen molar-refractivity contribution in [3.63, 3.8) is 0 Å². The number of aromatic amines is 1. The quantitative estimate of drug-likeness (QED) is 0.691. The Morgan fingerprint density at radius 1 is 1.10 bits per heavy atom. The van der Waals surface area contributed by atoms with Crippen molar-refractivity contribution in [1.29, 1.82) is 0 Å². The number of hydrogen-bond acceptors (Lipinski definition) is 5. The molecule has 1 aliphatic rings. The molecule has 0 spiro atoms. The number of piperazine rings is 1. The maximum Gasteiger partial charge on any atom is 0.338 e. The average molecular weight is 392 g/mol. The van der Waals surface area contributed by atoms with Gasteiger partial charge in [0.25, 0.3) is 5.91 Å². The van der Waals surface area contributed by atoms with Crippen molar-refractivity contribution in [2.24, 2.45) is 0 Å². The van der Waals surface area contributed by atoms with Crippen molar-refractivity contribution in [2.75, 3.05) is 37.7 Å². The molecule has 0 bridgehead atoms. The van der Waals surface area contributed by atoms with E-state index < -0.39 is 5.97 Å². The first-order chi connectivity index (χ1) is 14.0. The van der Waals surface area contributed by atoms with E-state index in [1.807, 2.05) is 44.2 Å². The van der Waals surface area contributed by atoms with Crippen LogP contribution in [0.1, 0.15) is 21.6 Å². The average Bonchev–Trinajstić information content (AvgIpc) is 3.05. The zero-order valence-electron chi connectivity index (χ0n) is 16.6. The van der Waals surface area contributed by atoms with Crippen LogP contribution in [0, 0.1) is 13.8 Å². The second-order valence-corrected chi connectivity index (χ2v) is 7.27. The molecule has 0 atom stereocenters. The summed E-state index contributed by atoms with van der Waals surface area (Å²) in [5.41, 5.74) is 3.62. The van der Waals surface area contributed by atoms with Crippen molar-refractivity contribution < 1.29 is 14.3 Å². The number of aryl methyl sites for hydroxylation is 2. The van der Waals surface area contributed by atoms with Gasteiger partial charge in [0.2, 0.25) is 0 Å². The van der Waals surface area contributed by atoms with E-state index in [1.54, 1.807) is 17.2 Å². The predicted octanol–water partition coefficient (Wildman–Crippen LogP) is 2.69. The lowest BCUT2D eigenvalue weighted by Gasteiger charge is -2.35. The van der Waals surface area contributed by atoms with Crippen molar-refractivity contribution in [3.8, 4) is 0 Å². The maximum absolute atomic E-state index is 12.5. The molecule has 29 heavy (non-hydrogen) atoms. The zero-order chi connectivity index (χ0) is 20.4. The molecule has 1 aliphatic heterocycles. The largest absolute Gasteiger partial charge is 0.452 e. The lowest BCUT2D eigenvalue weighted by Crippen LogP contribution is -2.50. The van der Waals surface area contributed by atoms with Gasteiger partial charge in [0.15, 0.2) is 6.61 Å². The molecule has 3 aromatic rings. The van der Waals surface area contributed by atoms with E-state index in [0.717, 1.165) is 28.0 Å². The summed E-state index contributed by atoms with van der Waals surface area (Å²) in [6.07, 6.45) is 1.76. The molecule has 1 aromatic carbocycles. The van der Waals surface area contributed by atoms with Crippen LogP contribution in [0.4, 0.5) is 5.82 Å². The van der Waals surface area contributed by atoms with Crippen LogP contribution in [-0.4, -0.2) is 59.5 Å². The summed E-state index contributed by atoms with van der Waals surface area (Å²) in [7, 11) is 0. The molecule has 1 amide bonds. The van der Waals surface area contributed by atoms with Crippen LogP contribution in [0.3, 0.4) is 0 Å². The Bertz CT molecular complexity index is 1040. The summed E-state index contributed by atoms with van der Waals surface area (Å²) in [6.45, 7) is 6.35. The third kappa shape index (κ3) is 3.94. The zero-order valence-corrected chi connectivity index (χ0v) is 16.6. The third-order valence-corrected chi connectivity index (χ3v) is 5.48. The van der Waals surface area contributed by atoms with Gasteiger partial charge in [-0.3, -0.25) is 4.79 Å². The van der Waals surface area contributed by atoms with E-state index in [0.29, 0.717) is 31.7 Å². The van der Waals surface area contributed by atoms with Gasteiger partial charge in [-0.2, -0.15) is 0 Å². The normalized spacial score (nSPS) is 14.3. The molecule has 0 unspecified atom stereocenters. The number of hydrogen-bond donors (Lipinski definition) is 1. The number of rotatable bonds is 4. The molecule has 4 rings (SSSR count). The van der Waals surface area contributed by atoms with Crippen molar-refractivity contribution in [2.45, 2.75) is 13.8 Å². The van der Waals surface area contributed by atoms with Gasteiger partial charge in [-0.15, -0.1) is 0 Å². The number of pyridine rings is 1. The van der Waals surface area contributed by atoms with Gasteiger partial charge in [0, 0.05) is 49.0 Å². The van der Waals surface area contributed by atoms with E-state index >= 15 is 0 Å². The summed E-state index contributed by atoms with van der Waals surface area (Å²) in [5, 5.41) is 0.994. The van der Waals surface area contributed by atoms with E-state index in [9.17, 15) is 9.59 Å². The van der Waals surface area contributed by atoms with E-state index in [2.05, 4.69) is 14.9 Å². The number of aromatic nitrogens is 2. The number of nitrogens with one attached hydrogen (secondary N) is 1. The molecule has 0 saturated carbocycles. The molecular weight excluding hydrogens is 368 g/mol. The fraction of sp³-hybridized carbons (Fsp3) is 0.318. The first kappa shape index (κ1) is 19.0. The van der Waals surface area contributed by atoms with Gasteiger partial charge in [-0.05, 0) is 49.7 Å². The molecule has 7 nitrogen and oxygen atoms in total. The van der Waals surface area contributed by atoms with Gasteiger partial charge < -0.3 is 19.5 Å². The number of ether oxygens (including phenoxy) is 1. The Morgan fingerprint density at radius 2 is 1.90 bits per heavy atom. The van der Waals surface area contributed by atoms with E-state index in [4.69, 9.17) is 4.74 Å². The number of amides is 1. The fourth-order valence-corrected chi connectivity index (χ4v) is 3.62. The number of carbonyl (C=O) groups is 2. The van der Waals surface area contributed by atoms with Crippen LogP contribution in [0.15, 0.2) is 42.6 Å². The summed E-state index contributed by atoms with van der Waals surface area (Å²) >= 11 is 0. The second-order valence-electron chi connectivity index (χ2n) is 7.27. The minimum atomic E-state index is -0.481. The van der Waals surface area contributed by atoms with Crippen LogP contribution in [0.25, 0.3) is 10.9 Å². The van der Waals surface area contributed by atoms with Crippen molar-refractivity contribution in [3.05, 3.63) is 59.4 Å². The molecule has 0 radical (unpaired) electrons. The minimum Gasteiger partial charge on any atom is -0.452 e. The monoisotopic (exact) mass is 392 g/mol. The van der Waals surface area contributed by atoms with Crippen LogP contribution in [-0.2, 0) is 9.53 Å². The maximum atomic E-state index is 12.5. The number of fused-ring (bicyclic) bond motifs is 1. The Hall–Kier alpha value is -3.35. The van der Waals surface area contributed by atoms with Crippen LogP contribution in [0.2, 0.25) is 0 Å². The number of anilines is 1. The second kappa shape index (κ2) is 7.95. The van der Waals surface area contributed by atoms with E-state index in [-0.39, 0.29) is 12.5 Å². The van der Waals surface area contributed by atoms with Crippen LogP contribution >= 0.6 is 0 Å². The number of carbonyl (C=O) groups excluding carboxylic acids is 2. The molecular formula is C22H24N4O3. The molecule has 1 N–H and O–H groups in total. The van der Waals surface area contributed by atoms with Crippen molar-refractivity contribution in [1.82, 2.24) is 14.9 Å². The number of benzene rings is 1. The first-order valence-electron chi connectivity index (χ1n) is 9.73. The molecule has 1 saturated heterocycles. The first-order valence-corrected chi connectivity index (χ1v) is 9.73. The highest BCUT2D eigenvalue weighted by molar-refractivity contribution is 5.96. The molecule has 2 aromatic heterocycles. The molecule has 150 valence electrons. The smallest absolute Gasteiger partial charge is 0.338 e. The predicted molar refractivity (Wildman–Crippen MR) is 111 cm³/mol. The van der Waals surface area contributed by atoms with Crippen molar-refractivity contribution >= 4 is 28.6 Å². The molecule has 3 heterocycles. The standard InChI is InChI=1S/C22H24N4O3/c1-15-16(2)24-19-7-6-17(13-18(15)19)22(28)29-14-21(27)26-11-9-25(10-12-26)20-5-3-4-8-23-20/h3-8,13,24H,9-12,14H2,1-2H3. The van der Waals surface area contributed by atoms with Gasteiger partial charge in [-0.25, -0.2) is 9.78 Å². The lowest BCUT2D eigenvalue weighted by atomic mass is 10.1. The van der Waals surface area contributed by atoms with Gasteiger partial charge in [0.1, 0.15) is 5.82 Å². The molecule has 1 fully saturated rings. The Morgan fingerprint density at radius 3 is 2.62 bits per heavy atom. The fourth-order valence-electron chi connectivity index (χ4n) is 3.62. The topological polar surface area (TPSA) is 78.5 Å². The summed E-state index contributed by atoms with van der Waals surface area (Å²) in [4.78, 5) is 36.4. The number of nitrogens with zero attached hydrogens (tertiary/aromatic N) is 3. The highest BCUT2D eigenvalue weighted by Crippen LogP contribution is 2.22. The van der Waals surface area contributed by atoms with Gasteiger partial charge in [0.05, 0.1) is 5.56 Å². The van der Waals surface area contributed by atoms with E-state index in [1.165, 1.54) is 0 Å². The molecule has 7 heteroatoms. The Kier molecular flexibility index (Phi) is 5.20. The SMILES string of the molecule is Cc1[nH]c2ccc(C(=O)OCC(=O)N3CCN(c4ccccn4)CC3)cc2c1C. The van der Waals surface area contributed by atoms with Crippen LogP contribution in [0.5, 0.6) is 0 Å². The van der Waals surface area contributed by atoms with Crippen LogP contribution < -0.4 is 4.90 Å². The molecule has 0 aliphatic carbocycles. The summed E-state index contributed by atoms with van der Waals surface area (Å²) in [6, 6.07) is 11.2. The number of H-pyrrole nitrogens is 1. The summed E-state index contributed by atoms with van der Waals surface area (Å²) < 4.78 is 5.28. The number of esters is 1. The Balaban J connectivity index is 1.32. The highest BCUT2D eigenvalue weighted by atomic mass is 16.5. The summed E-state index contributed by atoms with van der Waals surface area (Å²) in [5.74, 6) is 0.260. The lowest BCUT2D eigenvalue weighted by molar-refractivity contribution is -0.134. The van der Waals surface area contributed by atoms with Gasteiger partial charge in [-0.1, -0.05) is 6.07 Å². The Labute approximate surface area is 169 Å². The van der Waals surface area contributed by atoms with Gasteiger partial charge >= 0.3 is 5.97 Å². The highest BCUT2D eigenvalue weighted by Gasteiger charge is 2.23. The third-order valence-electron chi connectivity index (χ3n) is 5.48. The minimum absolute atomic E-state index is 0.172.